The highest BCUT2D eigenvalue weighted by atomic mass is 32.1. The van der Waals surface area contributed by atoms with E-state index in [2.05, 4.69) is 10.1 Å². The minimum absolute atomic E-state index is 0.205. The van der Waals surface area contributed by atoms with Crippen molar-refractivity contribution >= 4 is 17.2 Å². The second-order valence-electron chi connectivity index (χ2n) is 5.48. The molecule has 27 heavy (non-hydrogen) atoms. The minimum Gasteiger partial charge on any atom is -0.466 e. The number of thiophene rings is 1. The van der Waals surface area contributed by atoms with Gasteiger partial charge in [-0.15, -0.1) is 24.5 Å². The second-order valence-corrected chi connectivity index (χ2v) is 6.68. The van der Waals surface area contributed by atoms with E-state index in [1.54, 1.807) is 24.3 Å². The predicted octanol–water partition coefficient (Wildman–Crippen LogP) is 4.25. The highest BCUT2D eigenvalue weighted by Crippen LogP contribution is 2.28. The third-order valence-electron chi connectivity index (χ3n) is 3.54. The lowest BCUT2D eigenvalue weighted by Gasteiger charge is -2.09. The Bertz CT molecular complexity index is 888. The summed E-state index contributed by atoms with van der Waals surface area (Å²) in [6.45, 7) is 0.217. The zero-order valence-corrected chi connectivity index (χ0v) is 14.5. The number of hydrogen-bond acceptors (Lipinski definition) is 5. The number of nitrogens with one attached hydrogen (secondary N) is 1. The van der Waals surface area contributed by atoms with E-state index in [0.29, 0.717) is 10.6 Å². The maximum Gasteiger partial charge on any atom is 0.573 e. The highest BCUT2D eigenvalue weighted by Gasteiger charge is 2.31. The van der Waals surface area contributed by atoms with Crippen molar-refractivity contribution in [2.75, 3.05) is 0 Å². The molecule has 5 nitrogen and oxygen atoms in total. The lowest BCUT2D eigenvalue weighted by Crippen LogP contribution is -2.22. The van der Waals surface area contributed by atoms with Crippen molar-refractivity contribution in [1.29, 1.82) is 0 Å². The number of aliphatic hydroxyl groups excluding tert-OH is 1. The molecule has 1 amide bonds. The zero-order chi connectivity index (χ0) is 19.4. The number of alkyl halides is 3. The molecule has 2 aromatic heterocycles. The van der Waals surface area contributed by atoms with Gasteiger partial charge in [-0.2, -0.15) is 0 Å². The maximum atomic E-state index is 12.1. The average molecular weight is 397 g/mol. The fourth-order valence-electron chi connectivity index (χ4n) is 2.30. The molecule has 3 aromatic rings. The van der Waals surface area contributed by atoms with Gasteiger partial charge < -0.3 is 19.6 Å². The Morgan fingerprint density at radius 3 is 2.56 bits per heavy atom. The summed E-state index contributed by atoms with van der Waals surface area (Å²) in [5.41, 5.74) is 0.205. The van der Waals surface area contributed by atoms with E-state index >= 15 is 0 Å². The van der Waals surface area contributed by atoms with Crippen molar-refractivity contribution in [3.8, 4) is 5.75 Å². The van der Waals surface area contributed by atoms with Crippen LogP contribution in [0.1, 0.15) is 32.0 Å². The van der Waals surface area contributed by atoms with Crippen molar-refractivity contribution in [3.05, 3.63) is 75.9 Å². The number of hydrogen-bond donors (Lipinski definition) is 2. The van der Waals surface area contributed by atoms with Gasteiger partial charge in [-0.3, -0.25) is 4.79 Å². The maximum absolute atomic E-state index is 12.1. The van der Waals surface area contributed by atoms with Crippen LogP contribution in [0.4, 0.5) is 13.2 Å². The Morgan fingerprint density at radius 2 is 1.93 bits per heavy atom. The van der Waals surface area contributed by atoms with Crippen LogP contribution in [0.5, 0.6) is 5.75 Å². The van der Waals surface area contributed by atoms with Gasteiger partial charge in [0.1, 0.15) is 17.6 Å². The van der Waals surface area contributed by atoms with Crippen LogP contribution < -0.4 is 10.1 Å². The van der Waals surface area contributed by atoms with Gasteiger partial charge in [0.15, 0.2) is 0 Å². The molecule has 0 saturated carbocycles. The molecule has 0 unspecified atom stereocenters. The van der Waals surface area contributed by atoms with Gasteiger partial charge in [-0.25, -0.2) is 0 Å². The summed E-state index contributed by atoms with van der Waals surface area (Å²) in [4.78, 5) is 13.6. The number of carbonyl (C=O) groups is 1. The molecular weight excluding hydrogens is 383 g/mol. The molecule has 0 aliphatic carbocycles. The third-order valence-corrected chi connectivity index (χ3v) is 4.68. The quantitative estimate of drug-likeness (QED) is 0.652. The summed E-state index contributed by atoms with van der Waals surface area (Å²) in [5.74, 6) is -0.405. The lowest BCUT2D eigenvalue weighted by atomic mass is 10.2. The highest BCUT2D eigenvalue weighted by molar-refractivity contribution is 7.12. The molecule has 0 spiro atoms. The molecule has 142 valence electrons. The summed E-state index contributed by atoms with van der Waals surface area (Å²) in [6, 6.07) is 11.5. The van der Waals surface area contributed by atoms with E-state index in [-0.39, 0.29) is 12.1 Å². The molecule has 0 bridgehead atoms. The van der Waals surface area contributed by atoms with Crippen molar-refractivity contribution in [1.82, 2.24) is 5.32 Å². The number of amides is 1. The van der Waals surface area contributed by atoms with E-state index in [0.717, 1.165) is 17.0 Å². The van der Waals surface area contributed by atoms with Gasteiger partial charge in [-0.05, 0) is 48.5 Å². The van der Waals surface area contributed by atoms with E-state index in [1.807, 2.05) is 0 Å². The van der Waals surface area contributed by atoms with Gasteiger partial charge in [-0.1, -0.05) is 0 Å². The van der Waals surface area contributed by atoms with E-state index in [4.69, 9.17) is 4.42 Å². The molecule has 1 atom stereocenters. The normalized spacial score (nSPS) is 12.6. The van der Waals surface area contributed by atoms with Crippen LogP contribution in [0.3, 0.4) is 0 Å². The molecule has 0 saturated heterocycles. The predicted molar refractivity (Wildman–Crippen MR) is 91.4 cm³/mol. The van der Waals surface area contributed by atoms with Crippen LogP contribution in [0.25, 0.3) is 0 Å². The van der Waals surface area contributed by atoms with Crippen LogP contribution in [0.2, 0.25) is 0 Å². The summed E-state index contributed by atoms with van der Waals surface area (Å²) in [6.07, 6.45) is -4.19. The number of halogens is 3. The van der Waals surface area contributed by atoms with Crippen molar-refractivity contribution in [3.63, 3.8) is 0 Å². The molecule has 0 fully saturated rings. The Labute approximate surface area is 156 Å². The Hall–Kier alpha value is -2.78. The van der Waals surface area contributed by atoms with Gasteiger partial charge in [0, 0.05) is 15.3 Å². The van der Waals surface area contributed by atoms with Crippen LogP contribution in [0, 0.1) is 0 Å². The Balaban J connectivity index is 1.56. The molecule has 9 heteroatoms. The van der Waals surface area contributed by atoms with Crippen LogP contribution in [-0.2, 0) is 6.54 Å². The molecule has 1 aromatic carbocycles. The fraction of sp³-hybridized carbons (Fsp3) is 0.167. The molecule has 3 rings (SSSR count). The Morgan fingerprint density at radius 1 is 1.19 bits per heavy atom. The van der Waals surface area contributed by atoms with Crippen molar-refractivity contribution in [2.45, 2.75) is 19.0 Å². The first-order valence-corrected chi connectivity index (χ1v) is 8.57. The molecule has 2 N–H and O–H groups in total. The standard InChI is InChI=1S/C18H14F3NO4S/c19-18(20,21)26-12-5-3-11(4-6-12)17(24)22-10-13-7-8-15(27-13)16(23)14-2-1-9-25-14/h1-9,16,23H,10H2,(H,22,24)/t16-/m0/s1. The summed E-state index contributed by atoms with van der Waals surface area (Å²) < 4.78 is 45.3. The monoisotopic (exact) mass is 397 g/mol. The molecular formula is C18H14F3NO4S. The molecule has 0 aliphatic rings. The third kappa shape index (κ3) is 5.11. The number of aliphatic hydroxyl groups is 1. The van der Waals surface area contributed by atoms with E-state index < -0.39 is 24.1 Å². The number of carbonyl (C=O) groups excluding carboxylic acids is 1. The van der Waals surface area contributed by atoms with Crippen LogP contribution in [0.15, 0.2) is 59.2 Å². The van der Waals surface area contributed by atoms with Gasteiger partial charge in [0.2, 0.25) is 0 Å². The number of ether oxygens (including phenoxy) is 1. The van der Waals surface area contributed by atoms with Crippen molar-refractivity contribution in [2.24, 2.45) is 0 Å². The zero-order valence-electron chi connectivity index (χ0n) is 13.7. The summed E-state index contributed by atoms with van der Waals surface area (Å²) in [5, 5.41) is 12.9. The van der Waals surface area contributed by atoms with Crippen molar-refractivity contribution < 1.29 is 32.2 Å². The average Bonchev–Trinajstić information content (AvgIpc) is 3.30. The molecule has 0 aliphatic heterocycles. The second kappa shape index (κ2) is 7.85. The van der Waals surface area contributed by atoms with E-state index in [9.17, 15) is 23.1 Å². The topological polar surface area (TPSA) is 71.7 Å². The number of rotatable bonds is 6. The van der Waals surface area contributed by atoms with E-state index in [1.165, 1.54) is 29.7 Å². The van der Waals surface area contributed by atoms with Gasteiger partial charge >= 0.3 is 6.36 Å². The van der Waals surface area contributed by atoms with Crippen LogP contribution in [-0.4, -0.2) is 17.4 Å². The first-order valence-electron chi connectivity index (χ1n) is 7.76. The number of furan rings is 1. The van der Waals surface area contributed by atoms with Crippen LogP contribution >= 0.6 is 11.3 Å². The summed E-state index contributed by atoms with van der Waals surface area (Å²) in [7, 11) is 0. The summed E-state index contributed by atoms with van der Waals surface area (Å²) >= 11 is 1.32. The van der Waals surface area contributed by atoms with Gasteiger partial charge in [0.25, 0.3) is 5.91 Å². The van der Waals surface area contributed by atoms with Gasteiger partial charge in [0.05, 0.1) is 12.8 Å². The minimum atomic E-state index is -4.78. The molecule has 2 heterocycles. The first kappa shape index (κ1) is 19.0. The smallest absolute Gasteiger partial charge is 0.466 e. The first-order chi connectivity index (χ1) is 12.8. The lowest BCUT2D eigenvalue weighted by molar-refractivity contribution is -0.274. The Kier molecular flexibility index (Phi) is 5.52. The molecule has 0 radical (unpaired) electrons. The fourth-order valence-corrected chi connectivity index (χ4v) is 3.25. The number of benzene rings is 1. The SMILES string of the molecule is O=C(NCc1ccc([C@@H](O)c2ccco2)s1)c1ccc(OC(F)(F)F)cc1. The largest absolute Gasteiger partial charge is 0.573 e.